The first-order valence-electron chi connectivity index (χ1n) is 9.95. The Labute approximate surface area is 184 Å². The van der Waals surface area contributed by atoms with Crippen LogP contribution in [0.4, 0.5) is 0 Å². The Bertz CT molecular complexity index is 1260. The van der Waals surface area contributed by atoms with E-state index in [0.717, 1.165) is 16.9 Å². The largest absolute Gasteiger partial charge is 0.497 e. The topological polar surface area (TPSA) is 94.0 Å². The molecule has 4 aromatic rings. The Morgan fingerprint density at radius 2 is 1.72 bits per heavy atom. The second-order valence-corrected chi connectivity index (χ2v) is 7.08. The molecule has 0 saturated heterocycles. The van der Waals surface area contributed by atoms with E-state index in [4.69, 9.17) is 9.47 Å². The number of ether oxygens (including phenoxy) is 2. The molecule has 2 heterocycles. The van der Waals surface area contributed by atoms with Crippen molar-refractivity contribution in [3.05, 3.63) is 95.4 Å². The first kappa shape index (κ1) is 20.9. The lowest BCUT2D eigenvalue weighted by Gasteiger charge is -2.12. The summed E-state index contributed by atoms with van der Waals surface area (Å²) >= 11 is 0. The summed E-state index contributed by atoms with van der Waals surface area (Å²) in [4.78, 5) is 29.5. The van der Waals surface area contributed by atoms with Gasteiger partial charge < -0.3 is 13.9 Å². The van der Waals surface area contributed by atoms with Crippen molar-refractivity contribution in [3.63, 3.8) is 0 Å². The predicted molar refractivity (Wildman–Crippen MR) is 119 cm³/mol. The van der Waals surface area contributed by atoms with E-state index in [2.05, 4.69) is 15.8 Å². The summed E-state index contributed by atoms with van der Waals surface area (Å²) < 4.78 is 12.9. The van der Waals surface area contributed by atoms with Crippen molar-refractivity contribution in [2.45, 2.75) is 13.5 Å². The van der Waals surface area contributed by atoms with Crippen LogP contribution in [0.25, 0.3) is 5.65 Å². The average molecular weight is 430 g/mol. The molecule has 2 aromatic heterocycles. The molecule has 0 aliphatic heterocycles. The smallest absolute Gasteiger partial charge is 0.273 e. The summed E-state index contributed by atoms with van der Waals surface area (Å²) in [5.41, 5.74) is 8.17. The summed E-state index contributed by atoms with van der Waals surface area (Å²) in [5, 5.41) is 0. The van der Waals surface area contributed by atoms with E-state index < -0.39 is 11.8 Å². The number of rotatable bonds is 6. The Hall–Kier alpha value is -4.33. The number of carbonyl (C=O) groups excluding carboxylic acids is 2. The highest BCUT2D eigenvalue weighted by atomic mass is 16.5. The molecule has 0 unspecified atom stereocenters. The van der Waals surface area contributed by atoms with Crippen molar-refractivity contribution in [1.82, 2.24) is 20.2 Å². The minimum absolute atomic E-state index is 0.198. The van der Waals surface area contributed by atoms with Crippen LogP contribution in [-0.2, 0) is 6.61 Å². The number of pyridine rings is 1. The highest BCUT2D eigenvalue weighted by Gasteiger charge is 2.14. The van der Waals surface area contributed by atoms with Gasteiger partial charge in [0.1, 0.15) is 23.8 Å². The molecule has 2 amide bonds. The van der Waals surface area contributed by atoms with Gasteiger partial charge in [-0.2, -0.15) is 0 Å². The molecular formula is C24H22N4O4. The first-order valence-corrected chi connectivity index (χ1v) is 9.95. The zero-order valence-electron chi connectivity index (χ0n) is 17.7. The van der Waals surface area contributed by atoms with E-state index in [-0.39, 0.29) is 6.61 Å². The number of nitrogens with zero attached hydrogens (tertiary/aromatic N) is 2. The van der Waals surface area contributed by atoms with Gasteiger partial charge >= 0.3 is 0 Å². The summed E-state index contributed by atoms with van der Waals surface area (Å²) in [6, 6.07) is 17.3. The minimum Gasteiger partial charge on any atom is -0.497 e. The number of amides is 2. The van der Waals surface area contributed by atoms with Gasteiger partial charge in [-0.3, -0.25) is 20.4 Å². The number of nitrogens with one attached hydrogen (secondary N) is 2. The predicted octanol–water partition coefficient (Wildman–Crippen LogP) is 3.31. The zero-order chi connectivity index (χ0) is 22.5. The van der Waals surface area contributed by atoms with Crippen LogP contribution in [0.15, 0.2) is 73.1 Å². The van der Waals surface area contributed by atoms with Crippen LogP contribution in [0.2, 0.25) is 0 Å². The molecule has 32 heavy (non-hydrogen) atoms. The van der Waals surface area contributed by atoms with E-state index in [1.54, 1.807) is 55.6 Å². The molecule has 2 aromatic carbocycles. The standard InChI is InChI=1S/C24H22N4O4/c1-16-6-5-13-28-14-18(25-22(16)28)15-32-21-8-4-3-7-20(21)24(30)27-26-23(29)17-9-11-19(31-2)12-10-17/h3-14H,15H2,1-2H3,(H,26,29)(H,27,30). The minimum atomic E-state index is -0.492. The maximum atomic E-state index is 12.7. The van der Waals surface area contributed by atoms with E-state index in [0.29, 0.717) is 22.6 Å². The second-order valence-electron chi connectivity index (χ2n) is 7.08. The van der Waals surface area contributed by atoms with Crippen LogP contribution >= 0.6 is 0 Å². The van der Waals surface area contributed by atoms with Gasteiger partial charge in [0.25, 0.3) is 11.8 Å². The van der Waals surface area contributed by atoms with Crippen LogP contribution < -0.4 is 20.3 Å². The maximum absolute atomic E-state index is 12.7. The number of fused-ring (bicyclic) bond motifs is 1. The number of hydrogen-bond acceptors (Lipinski definition) is 5. The van der Waals surface area contributed by atoms with Gasteiger partial charge in [0.05, 0.1) is 18.4 Å². The third kappa shape index (κ3) is 4.54. The molecule has 8 nitrogen and oxygen atoms in total. The molecule has 0 radical (unpaired) electrons. The van der Waals surface area contributed by atoms with Gasteiger partial charge in [-0.05, 0) is 55.0 Å². The second kappa shape index (κ2) is 9.22. The first-order chi connectivity index (χ1) is 15.5. The Morgan fingerprint density at radius 3 is 2.47 bits per heavy atom. The number of aromatic nitrogens is 2. The molecule has 0 spiro atoms. The van der Waals surface area contributed by atoms with Gasteiger partial charge in [0.15, 0.2) is 0 Å². The van der Waals surface area contributed by atoms with Gasteiger partial charge in [-0.1, -0.05) is 18.2 Å². The third-order valence-corrected chi connectivity index (χ3v) is 4.88. The van der Waals surface area contributed by atoms with Crippen molar-refractivity contribution in [2.24, 2.45) is 0 Å². The highest BCUT2D eigenvalue weighted by molar-refractivity contribution is 6.00. The Kier molecular flexibility index (Phi) is 6.03. The molecule has 0 fully saturated rings. The molecular weight excluding hydrogens is 408 g/mol. The lowest BCUT2D eigenvalue weighted by atomic mass is 10.2. The number of carbonyl (C=O) groups is 2. The lowest BCUT2D eigenvalue weighted by molar-refractivity contribution is 0.0844. The van der Waals surface area contributed by atoms with Gasteiger partial charge in [0, 0.05) is 18.0 Å². The Morgan fingerprint density at radius 1 is 0.969 bits per heavy atom. The number of hydrazine groups is 1. The third-order valence-electron chi connectivity index (χ3n) is 4.88. The number of imidazole rings is 1. The lowest BCUT2D eigenvalue weighted by Crippen LogP contribution is -2.41. The van der Waals surface area contributed by atoms with Crippen molar-refractivity contribution >= 4 is 17.5 Å². The number of methoxy groups -OCH3 is 1. The Balaban J connectivity index is 1.41. The SMILES string of the molecule is COc1ccc(C(=O)NNC(=O)c2ccccc2OCc2cn3cccc(C)c3n2)cc1. The summed E-state index contributed by atoms with van der Waals surface area (Å²) in [6.45, 7) is 2.19. The molecule has 0 atom stereocenters. The fourth-order valence-corrected chi connectivity index (χ4v) is 3.20. The van der Waals surface area contributed by atoms with Crippen LogP contribution in [0.1, 0.15) is 32.0 Å². The summed E-state index contributed by atoms with van der Waals surface area (Å²) in [5.74, 6) is 0.0858. The molecule has 8 heteroatoms. The number of para-hydroxylation sites is 1. The molecule has 0 aliphatic rings. The number of benzene rings is 2. The van der Waals surface area contributed by atoms with E-state index in [1.807, 2.05) is 35.9 Å². The summed E-state index contributed by atoms with van der Waals surface area (Å²) in [7, 11) is 1.55. The quantitative estimate of drug-likeness (QED) is 0.458. The normalized spacial score (nSPS) is 10.6. The summed E-state index contributed by atoms with van der Waals surface area (Å²) in [6.07, 6.45) is 3.81. The molecule has 0 aliphatic carbocycles. The maximum Gasteiger partial charge on any atom is 0.273 e. The van der Waals surface area contributed by atoms with Gasteiger partial charge in [-0.15, -0.1) is 0 Å². The van der Waals surface area contributed by atoms with Crippen molar-refractivity contribution in [2.75, 3.05) is 7.11 Å². The van der Waals surface area contributed by atoms with Crippen LogP contribution in [0.5, 0.6) is 11.5 Å². The number of aryl methyl sites for hydroxylation is 1. The molecule has 162 valence electrons. The van der Waals surface area contributed by atoms with Crippen molar-refractivity contribution in [3.8, 4) is 11.5 Å². The van der Waals surface area contributed by atoms with Crippen molar-refractivity contribution in [1.29, 1.82) is 0 Å². The molecule has 2 N–H and O–H groups in total. The van der Waals surface area contributed by atoms with Gasteiger partial charge in [-0.25, -0.2) is 4.98 Å². The monoisotopic (exact) mass is 430 g/mol. The fraction of sp³-hybridized carbons (Fsp3) is 0.125. The fourth-order valence-electron chi connectivity index (χ4n) is 3.20. The zero-order valence-corrected chi connectivity index (χ0v) is 17.7. The van der Waals surface area contributed by atoms with E-state index >= 15 is 0 Å². The average Bonchev–Trinajstić information content (AvgIpc) is 3.26. The number of hydrogen-bond donors (Lipinski definition) is 2. The van der Waals surface area contributed by atoms with Crippen LogP contribution in [0.3, 0.4) is 0 Å². The van der Waals surface area contributed by atoms with Crippen molar-refractivity contribution < 1.29 is 19.1 Å². The molecule has 0 bridgehead atoms. The van der Waals surface area contributed by atoms with Gasteiger partial charge in [0.2, 0.25) is 0 Å². The highest BCUT2D eigenvalue weighted by Crippen LogP contribution is 2.20. The molecule has 0 saturated carbocycles. The van der Waals surface area contributed by atoms with Crippen LogP contribution in [0, 0.1) is 6.92 Å². The molecule has 4 rings (SSSR count). The van der Waals surface area contributed by atoms with E-state index in [1.165, 1.54) is 0 Å². The van der Waals surface area contributed by atoms with Crippen LogP contribution in [-0.4, -0.2) is 28.3 Å². The van der Waals surface area contributed by atoms with E-state index in [9.17, 15) is 9.59 Å².